The van der Waals surface area contributed by atoms with E-state index < -0.39 is 21.8 Å². The van der Waals surface area contributed by atoms with Crippen LogP contribution in [0.1, 0.15) is 6.42 Å². The quantitative estimate of drug-likeness (QED) is 0.451. The molecule has 0 spiro atoms. The van der Waals surface area contributed by atoms with Gasteiger partial charge in [-0.3, -0.25) is 9.35 Å². The summed E-state index contributed by atoms with van der Waals surface area (Å²) in [6.07, 6.45) is -0.310. The summed E-state index contributed by atoms with van der Waals surface area (Å²) < 4.78 is 32.3. The van der Waals surface area contributed by atoms with Crippen molar-refractivity contribution < 1.29 is 22.5 Å². The maximum Gasteiger partial charge on any atom is 0.306 e. The summed E-state index contributed by atoms with van der Waals surface area (Å²) in [5, 5.41) is 0. The molecule has 0 unspecified atom stereocenters. The number of carbonyl (C=O) groups excluding carboxylic acids is 1. The largest absolute Gasteiger partial charge is 0.469 e. The van der Waals surface area contributed by atoms with Crippen LogP contribution in [0.5, 0.6) is 0 Å². The summed E-state index contributed by atoms with van der Waals surface area (Å²) >= 11 is 0. The summed E-state index contributed by atoms with van der Waals surface area (Å²) in [6.45, 7) is 0. The number of hydrogen-bond acceptors (Lipinski definition) is 4. The van der Waals surface area contributed by atoms with Gasteiger partial charge < -0.3 is 4.74 Å². The van der Waals surface area contributed by atoms with Gasteiger partial charge in [-0.15, -0.1) is 0 Å². The molecule has 0 bridgehead atoms. The standard InChI is InChI=1S/C4H8O5S/c1-9-4(5)2-3-10(6,7)8/h2-3H2,1H3,(H,6,7,8). The van der Waals surface area contributed by atoms with Crippen LogP contribution in [-0.2, 0) is 19.6 Å². The predicted octanol–water partition coefficient (Wildman–Crippen LogP) is -0.563. The highest BCUT2D eigenvalue weighted by Crippen LogP contribution is 1.89. The Labute approximate surface area is 58.7 Å². The molecule has 0 aromatic carbocycles. The third kappa shape index (κ3) is 5.52. The first-order valence-corrected chi connectivity index (χ1v) is 4.08. The fraction of sp³-hybridized carbons (Fsp3) is 0.750. The van der Waals surface area contributed by atoms with Crippen LogP contribution in [0.3, 0.4) is 0 Å². The van der Waals surface area contributed by atoms with Crippen molar-refractivity contribution in [1.29, 1.82) is 0 Å². The molecule has 0 aliphatic heterocycles. The number of hydrogen-bond donors (Lipinski definition) is 1. The van der Waals surface area contributed by atoms with E-state index in [1.165, 1.54) is 0 Å². The van der Waals surface area contributed by atoms with Gasteiger partial charge in [-0.05, 0) is 0 Å². The first-order chi connectivity index (χ1) is 4.45. The zero-order valence-electron chi connectivity index (χ0n) is 5.40. The molecule has 0 aromatic heterocycles. The summed E-state index contributed by atoms with van der Waals surface area (Å²) in [6, 6.07) is 0. The van der Waals surface area contributed by atoms with Crippen LogP contribution in [-0.4, -0.2) is 31.8 Å². The second kappa shape index (κ2) is 3.52. The van der Waals surface area contributed by atoms with E-state index in [0.29, 0.717) is 0 Å². The van der Waals surface area contributed by atoms with E-state index >= 15 is 0 Å². The van der Waals surface area contributed by atoms with Crippen LogP contribution < -0.4 is 0 Å². The first-order valence-electron chi connectivity index (χ1n) is 2.47. The Hall–Kier alpha value is -0.620. The highest BCUT2D eigenvalue weighted by Gasteiger charge is 2.08. The van der Waals surface area contributed by atoms with E-state index in [-0.39, 0.29) is 6.42 Å². The molecule has 0 saturated heterocycles. The Morgan fingerprint density at radius 1 is 1.60 bits per heavy atom. The maximum atomic E-state index is 10.3. The first kappa shape index (κ1) is 9.38. The minimum atomic E-state index is -4.03. The number of methoxy groups -OCH3 is 1. The van der Waals surface area contributed by atoms with E-state index in [1.807, 2.05) is 0 Å². The van der Waals surface area contributed by atoms with Gasteiger partial charge in [0, 0.05) is 0 Å². The van der Waals surface area contributed by atoms with Crippen molar-refractivity contribution in [3.63, 3.8) is 0 Å². The zero-order chi connectivity index (χ0) is 8.20. The van der Waals surface area contributed by atoms with Crippen LogP contribution >= 0.6 is 0 Å². The Morgan fingerprint density at radius 2 is 2.10 bits per heavy atom. The van der Waals surface area contributed by atoms with Gasteiger partial charge in [0.25, 0.3) is 10.1 Å². The molecule has 0 radical (unpaired) electrons. The van der Waals surface area contributed by atoms with Gasteiger partial charge in [0.15, 0.2) is 0 Å². The van der Waals surface area contributed by atoms with E-state index in [1.54, 1.807) is 0 Å². The smallest absolute Gasteiger partial charge is 0.306 e. The van der Waals surface area contributed by atoms with Crippen LogP contribution in [0.4, 0.5) is 0 Å². The fourth-order valence-electron chi connectivity index (χ4n) is 0.314. The summed E-state index contributed by atoms with van der Waals surface area (Å²) in [5.41, 5.74) is 0. The molecule has 0 saturated carbocycles. The molecule has 60 valence electrons. The molecule has 10 heavy (non-hydrogen) atoms. The predicted molar refractivity (Wildman–Crippen MR) is 33.0 cm³/mol. The minimum absolute atomic E-state index is 0.310. The number of carbonyl (C=O) groups is 1. The molecule has 0 atom stereocenters. The van der Waals surface area contributed by atoms with Gasteiger partial charge in [-0.2, -0.15) is 8.42 Å². The Kier molecular flexibility index (Phi) is 3.31. The zero-order valence-corrected chi connectivity index (χ0v) is 6.22. The highest BCUT2D eigenvalue weighted by atomic mass is 32.2. The molecule has 0 aromatic rings. The van der Waals surface area contributed by atoms with Gasteiger partial charge >= 0.3 is 5.97 Å². The van der Waals surface area contributed by atoms with E-state index in [0.717, 1.165) is 7.11 Å². The topological polar surface area (TPSA) is 80.7 Å². The van der Waals surface area contributed by atoms with Crippen molar-refractivity contribution in [3.05, 3.63) is 0 Å². The van der Waals surface area contributed by atoms with Gasteiger partial charge in [-0.1, -0.05) is 0 Å². The normalized spacial score (nSPS) is 11.0. The lowest BCUT2D eigenvalue weighted by Crippen LogP contribution is -2.10. The molecule has 0 amide bonds. The molecule has 0 fully saturated rings. The SMILES string of the molecule is COC(=O)CCS(=O)(=O)O. The Morgan fingerprint density at radius 3 is 2.40 bits per heavy atom. The number of rotatable bonds is 3. The van der Waals surface area contributed by atoms with E-state index in [4.69, 9.17) is 4.55 Å². The molecule has 6 heteroatoms. The summed E-state index contributed by atoms with van der Waals surface area (Å²) in [4.78, 5) is 10.3. The van der Waals surface area contributed by atoms with Crippen LogP contribution in [0.15, 0.2) is 0 Å². The second-order valence-electron chi connectivity index (χ2n) is 1.61. The van der Waals surface area contributed by atoms with Crippen molar-refractivity contribution in [2.24, 2.45) is 0 Å². The Balaban J connectivity index is 3.67. The number of ether oxygens (including phenoxy) is 1. The average Bonchev–Trinajstić information content (AvgIpc) is 1.81. The molecule has 0 heterocycles. The maximum absolute atomic E-state index is 10.3. The van der Waals surface area contributed by atoms with Gasteiger partial charge in [0.1, 0.15) is 0 Å². The van der Waals surface area contributed by atoms with E-state index in [9.17, 15) is 13.2 Å². The third-order valence-corrected chi connectivity index (χ3v) is 1.51. The lowest BCUT2D eigenvalue weighted by Gasteiger charge is -1.94. The van der Waals surface area contributed by atoms with Crippen LogP contribution in [0, 0.1) is 0 Å². The summed E-state index contributed by atoms with van der Waals surface area (Å²) in [7, 11) is -2.88. The van der Waals surface area contributed by atoms with E-state index in [2.05, 4.69) is 4.74 Å². The molecule has 0 aliphatic rings. The highest BCUT2D eigenvalue weighted by molar-refractivity contribution is 7.85. The summed E-state index contributed by atoms with van der Waals surface area (Å²) in [5.74, 6) is -1.24. The molecule has 1 N–H and O–H groups in total. The van der Waals surface area contributed by atoms with Gasteiger partial charge in [0.2, 0.25) is 0 Å². The number of esters is 1. The van der Waals surface area contributed by atoms with Crippen LogP contribution in [0.2, 0.25) is 0 Å². The molecule has 0 aliphatic carbocycles. The second-order valence-corrected chi connectivity index (χ2v) is 3.18. The fourth-order valence-corrected chi connectivity index (χ4v) is 0.739. The lowest BCUT2D eigenvalue weighted by molar-refractivity contribution is -0.140. The molecule has 0 rings (SSSR count). The van der Waals surface area contributed by atoms with Crippen molar-refractivity contribution in [2.75, 3.05) is 12.9 Å². The monoisotopic (exact) mass is 168 g/mol. The van der Waals surface area contributed by atoms with Crippen molar-refractivity contribution in [3.8, 4) is 0 Å². The van der Waals surface area contributed by atoms with Crippen molar-refractivity contribution >= 4 is 16.1 Å². The van der Waals surface area contributed by atoms with Gasteiger partial charge in [0.05, 0.1) is 19.3 Å². The molecule has 5 nitrogen and oxygen atoms in total. The average molecular weight is 168 g/mol. The molecular weight excluding hydrogens is 160 g/mol. The van der Waals surface area contributed by atoms with Crippen LogP contribution in [0.25, 0.3) is 0 Å². The lowest BCUT2D eigenvalue weighted by atomic mass is 10.5. The van der Waals surface area contributed by atoms with Crippen molar-refractivity contribution in [1.82, 2.24) is 0 Å². The minimum Gasteiger partial charge on any atom is -0.469 e. The Bertz CT molecular complexity index is 204. The molecular formula is C4H8O5S. The van der Waals surface area contributed by atoms with Crippen molar-refractivity contribution in [2.45, 2.75) is 6.42 Å². The van der Waals surface area contributed by atoms with Gasteiger partial charge in [-0.25, -0.2) is 0 Å². The third-order valence-electron chi connectivity index (χ3n) is 0.792.